The SMILES string of the molecule is CCc1cc(C(O)COC)cc2c1OCCC2NC(C)=O. The van der Waals surface area contributed by atoms with Crippen LogP contribution in [-0.4, -0.2) is 31.3 Å². The summed E-state index contributed by atoms with van der Waals surface area (Å²) in [6.45, 7) is 4.39. The van der Waals surface area contributed by atoms with Gasteiger partial charge in [0.05, 0.1) is 19.3 Å². The fourth-order valence-corrected chi connectivity index (χ4v) is 2.71. The Morgan fingerprint density at radius 2 is 2.33 bits per heavy atom. The first-order chi connectivity index (χ1) is 10.1. The molecule has 116 valence electrons. The van der Waals surface area contributed by atoms with Gasteiger partial charge in [0.2, 0.25) is 5.91 Å². The van der Waals surface area contributed by atoms with Gasteiger partial charge >= 0.3 is 0 Å². The van der Waals surface area contributed by atoms with Crippen LogP contribution in [0.3, 0.4) is 0 Å². The molecule has 1 aliphatic rings. The van der Waals surface area contributed by atoms with E-state index < -0.39 is 6.10 Å². The third kappa shape index (κ3) is 3.54. The lowest BCUT2D eigenvalue weighted by molar-refractivity contribution is -0.119. The van der Waals surface area contributed by atoms with Gasteiger partial charge in [-0.25, -0.2) is 0 Å². The first-order valence-electron chi connectivity index (χ1n) is 7.30. The quantitative estimate of drug-likeness (QED) is 0.870. The number of aryl methyl sites for hydroxylation is 1. The van der Waals surface area contributed by atoms with Crippen LogP contribution >= 0.6 is 0 Å². The first-order valence-corrected chi connectivity index (χ1v) is 7.30. The van der Waals surface area contributed by atoms with Crippen LogP contribution in [-0.2, 0) is 16.0 Å². The summed E-state index contributed by atoms with van der Waals surface area (Å²) < 4.78 is 10.8. The standard InChI is InChI=1S/C16H23NO4/c1-4-11-7-12(15(19)9-20-3)8-13-14(17-10(2)18)5-6-21-16(11)13/h7-8,14-15,19H,4-6,9H2,1-3H3,(H,17,18). The molecule has 0 saturated carbocycles. The van der Waals surface area contributed by atoms with Crippen molar-refractivity contribution in [3.63, 3.8) is 0 Å². The Kier molecular flexibility index (Phi) is 5.20. The molecule has 0 fully saturated rings. The van der Waals surface area contributed by atoms with Crippen LogP contribution < -0.4 is 10.1 Å². The lowest BCUT2D eigenvalue weighted by atomic mass is 9.92. The summed E-state index contributed by atoms with van der Waals surface area (Å²) in [6, 6.07) is 3.81. The van der Waals surface area contributed by atoms with Crippen molar-refractivity contribution in [2.24, 2.45) is 0 Å². The summed E-state index contributed by atoms with van der Waals surface area (Å²) in [5, 5.41) is 13.1. The van der Waals surface area contributed by atoms with Crippen LogP contribution in [0.15, 0.2) is 12.1 Å². The molecule has 0 bridgehead atoms. The molecule has 0 aliphatic carbocycles. The van der Waals surface area contributed by atoms with Gasteiger partial charge in [-0.2, -0.15) is 0 Å². The molecule has 2 N–H and O–H groups in total. The molecule has 2 atom stereocenters. The van der Waals surface area contributed by atoms with Crippen LogP contribution in [0.2, 0.25) is 0 Å². The average Bonchev–Trinajstić information content (AvgIpc) is 2.46. The molecule has 0 radical (unpaired) electrons. The van der Waals surface area contributed by atoms with Gasteiger partial charge in [0, 0.05) is 26.0 Å². The van der Waals surface area contributed by atoms with E-state index in [0.29, 0.717) is 6.61 Å². The second-order valence-electron chi connectivity index (χ2n) is 5.31. The number of methoxy groups -OCH3 is 1. The molecule has 0 aromatic heterocycles. The van der Waals surface area contributed by atoms with E-state index in [4.69, 9.17) is 9.47 Å². The molecule has 0 spiro atoms. The molecule has 1 aliphatic heterocycles. The number of amides is 1. The third-order valence-electron chi connectivity index (χ3n) is 3.71. The number of carbonyl (C=O) groups is 1. The zero-order chi connectivity index (χ0) is 15.4. The lowest BCUT2D eigenvalue weighted by Crippen LogP contribution is -2.31. The maximum Gasteiger partial charge on any atom is 0.217 e. The van der Waals surface area contributed by atoms with Gasteiger partial charge in [0.1, 0.15) is 11.9 Å². The molecule has 1 aromatic rings. The van der Waals surface area contributed by atoms with E-state index in [2.05, 4.69) is 5.32 Å². The van der Waals surface area contributed by atoms with Gasteiger partial charge in [-0.05, 0) is 29.7 Å². The molecule has 5 nitrogen and oxygen atoms in total. The summed E-state index contributed by atoms with van der Waals surface area (Å²) in [7, 11) is 1.56. The van der Waals surface area contributed by atoms with Crippen molar-refractivity contribution in [2.45, 2.75) is 38.8 Å². The average molecular weight is 293 g/mol. The number of aliphatic hydroxyl groups excluding tert-OH is 1. The topological polar surface area (TPSA) is 67.8 Å². The summed E-state index contributed by atoms with van der Waals surface area (Å²) in [5.74, 6) is 0.782. The summed E-state index contributed by atoms with van der Waals surface area (Å²) in [4.78, 5) is 11.4. The Hall–Kier alpha value is -1.59. The number of carbonyl (C=O) groups excluding carboxylic acids is 1. The van der Waals surface area contributed by atoms with Crippen molar-refractivity contribution < 1.29 is 19.4 Å². The lowest BCUT2D eigenvalue weighted by Gasteiger charge is -2.29. The highest BCUT2D eigenvalue weighted by atomic mass is 16.5. The molecule has 2 unspecified atom stereocenters. The van der Waals surface area contributed by atoms with Crippen LogP contribution in [0.4, 0.5) is 0 Å². The maximum atomic E-state index is 11.4. The summed E-state index contributed by atoms with van der Waals surface area (Å²) in [5.41, 5.74) is 2.79. The van der Waals surface area contributed by atoms with E-state index in [-0.39, 0.29) is 18.6 Å². The molecule has 21 heavy (non-hydrogen) atoms. The molecular weight excluding hydrogens is 270 g/mol. The van der Waals surface area contributed by atoms with Crippen molar-refractivity contribution in [3.8, 4) is 5.75 Å². The number of aliphatic hydroxyl groups is 1. The van der Waals surface area contributed by atoms with Crippen LogP contribution in [0.5, 0.6) is 5.75 Å². The van der Waals surface area contributed by atoms with Gasteiger partial charge in [0.25, 0.3) is 0 Å². The highest BCUT2D eigenvalue weighted by Crippen LogP contribution is 2.37. The van der Waals surface area contributed by atoms with Crippen LogP contribution in [0.25, 0.3) is 0 Å². The number of rotatable bonds is 5. The second-order valence-corrected chi connectivity index (χ2v) is 5.31. The zero-order valence-electron chi connectivity index (χ0n) is 12.8. The molecule has 0 saturated heterocycles. The normalized spacial score (nSPS) is 18.6. The van der Waals surface area contributed by atoms with Crippen LogP contribution in [0.1, 0.15) is 49.1 Å². The minimum Gasteiger partial charge on any atom is -0.493 e. The molecule has 1 aromatic carbocycles. The Morgan fingerprint density at radius 3 is 2.95 bits per heavy atom. The monoisotopic (exact) mass is 293 g/mol. The number of fused-ring (bicyclic) bond motifs is 1. The fraction of sp³-hybridized carbons (Fsp3) is 0.562. The minimum absolute atomic E-state index is 0.0614. The van der Waals surface area contributed by atoms with Gasteiger partial charge in [-0.3, -0.25) is 4.79 Å². The summed E-state index contributed by atoms with van der Waals surface area (Å²) in [6.07, 6.45) is 0.868. The van der Waals surface area contributed by atoms with Gasteiger partial charge in [-0.1, -0.05) is 6.92 Å². The molecular formula is C16H23NO4. The predicted octanol–water partition coefficient (Wildman–Crippen LogP) is 1.89. The van der Waals surface area contributed by atoms with Gasteiger partial charge in [-0.15, -0.1) is 0 Å². The predicted molar refractivity (Wildman–Crippen MR) is 79.3 cm³/mol. The van der Waals surface area contributed by atoms with Crippen molar-refractivity contribution in [3.05, 3.63) is 28.8 Å². The van der Waals surface area contributed by atoms with Gasteiger partial charge < -0.3 is 19.9 Å². The maximum absolute atomic E-state index is 11.4. The Bertz CT molecular complexity index is 515. The van der Waals surface area contributed by atoms with Crippen molar-refractivity contribution in [2.75, 3.05) is 20.3 Å². The highest BCUT2D eigenvalue weighted by Gasteiger charge is 2.26. The Labute approximate surface area is 125 Å². The second kappa shape index (κ2) is 6.91. The highest BCUT2D eigenvalue weighted by molar-refractivity contribution is 5.73. The number of benzene rings is 1. The Morgan fingerprint density at radius 1 is 1.57 bits per heavy atom. The minimum atomic E-state index is -0.675. The number of nitrogens with one attached hydrogen (secondary N) is 1. The van der Waals surface area contributed by atoms with E-state index in [1.807, 2.05) is 19.1 Å². The Balaban J connectivity index is 2.42. The van der Waals surface area contributed by atoms with E-state index >= 15 is 0 Å². The van der Waals surface area contributed by atoms with Crippen molar-refractivity contribution in [1.82, 2.24) is 5.32 Å². The van der Waals surface area contributed by atoms with E-state index in [0.717, 1.165) is 35.3 Å². The van der Waals surface area contributed by atoms with Crippen molar-refractivity contribution in [1.29, 1.82) is 0 Å². The molecule has 5 heteroatoms. The zero-order valence-corrected chi connectivity index (χ0v) is 12.8. The number of hydrogen-bond acceptors (Lipinski definition) is 4. The van der Waals surface area contributed by atoms with Crippen molar-refractivity contribution >= 4 is 5.91 Å². The third-order valence-corrected chi connectivity index (χ3v) is 3.71. The van der Waals surface area contributed by atoms with E-state index in [1.165, 1.54) is 6.92 Å². The first kappa shape index (κ1) is 15.8. The molecule has 1 amide bonds. The molecule has 2 rings (SSSR count). The van der Waals surface area contributed by atoms with Crippen LogP contribution in [0, 0.1) is 0 Å². The van der Waals surface area contributed by atoms with E-state index in [1.54, 1.807) is 7.11 Å². The smallest absolute Gasteiger partial charge is 0.217 e. The fourth-order valence-electron chi connectivity index (χ4n) is 2.71. The largest absolute Gasteiger partial charge is 0.493 e. The number of hydrogen-bond donors (Lipinski definition) is 2. The number of ether oxygens (including phenoxy) is 2. The molecule has 1 heterocycles. The summed E-state index contributed by atoms with van der Waals surface area (Å²) >= 11 is 0. The van der Waals surface area contributed by atoms with E-state index in [9.17, 15) is 9.90 Å². The van der Waals surface area contributed by atoms with Gasteiger partial charge in [0.15, 0.2) is 0 Å².